The van der Waals surface area contributed by atoms with E-state index in [4.69, 9.17) is 16.3 Å². The van der Waals surface area contributed by atoms with Crippen molar-refractivity contribution in [3.05, 3.63) is 5.28 Å². The summed E-state index contributed by atoms with van der Waals surface area (Å²) in [5.41, 5.74) is 0. The van der Waals surface area contributed by atoms with Gasteiger partial charge in [-0.1, -0.05) is 11.8 Å². The van der Waals surface area contributed by atoms with E-state index < -0.39 is 0 Å². The molecular formula is C9H12ClN3O3S. The Morgan fingerprint density at radius 1 is 1.41 bits per heavy atom. The number of ether oxygens (including phenoxy) is 2. The number of thioether (sulfide) groups is 1. The maximum absolute atomic E-state index is 10.9. The van der Waals surface area contributed by atoms with E-state index in [0.29, 0.717) is 17.5 Å². The van der Waals surface area contributed by atoms with Crippen LogP contribution in [-0.4, -0.2) is 40.4 Å². The third kappa shape index (κ3) is 5.18. The van der Waals surface area contributed by atoms with Gasteiger partial charge in [0.1, 0.15) is 0 Å². The Balaban J connectivity index is 2.55. The van der Waals surface area contributed by atoms with Crippen LogP contribution in [0.25, 0.3) is 0 Å². The standard InChI is InChI=1S/C9H12ClN3O3S/c1-3-16-8-11-7(10)12-9(13-8)17-5-4-6(14)15-2/h3-5H2,1-2H3. The summed E-state index contributed by atoms with van der Waals surface area (Å²) in [5.74, 6) is 0.237. The maximum Gasteiger partial charge on any atom is 0.321 e. The van der Waals surface area contributed by atoms with E-state index in [1.807, 2.05) is 6.92 Å². The van der Waals surface area contributed by atoms with Crippen molar-refractivity contribution in [1.29, 1.82) is 0 Å². The van der Waals surface area contributed by atoms with Crippen molar-refractivity contribution >= 4 is 29.3 Å². The number of hydrogen-bond donors (Lipinski definition) is 0. The lowest BCUT2D eigenvalue weighted by Gasteiger charge is -2.03. The first kappa shape index (κ1) is 14.0. The van der Waals surface area contributed by atoms with Crippen LogP contribution >= 0.6 is 23.4 Å². The third-order valence-corrected chi connectivity index (χ3v) is 2.62. The number of halogens is 1. The molecule has 0 saturated carbocycles. The Kier molecular flexibility index (Phi) is 5.99. The van der Waals surface area contributed by atoms with Gasteiger partial charge in [0.2, 0.25) is 5.28 Å². The molecule has 0 fully saturated rings. The van der Waals surface area contributed by atoms with E-state index in [1.165, 1.54) is 18.9 Å². The van der Waals surface area contributed by atoms with Gasteiger partial charge in [-0.15, -0.1) is 0 Å². The van der Waals surface area contributed by atoms with Crippen molar-refractivity contribution in [3.63, 3.8) is 0 Å². The van der Waals surface area contributed by atoms with Gasteiger partial charge in [-0.3, -0.25) is 4.79 Å². The Labute approximate surface area is 108 Å². The lowest BCUT2D eigenvalue weighted by atomic mass is 10.5. The van der Waals surface area contributed by atoms with Gasteiger partial charge in [0.05, 0.1) is 20.1 Å². The average Bonchev–Trinajstić information content (AvgIpc) is 2.28. The van der Waals surface area contributed by atoms with Gasteiger partial charge < -0.3 is 9.47 Å². The number of esters is 1. The summed E-state index contributed by atoms with van der Waals surface area (Å²) in [7, 11) is 1.35. The minimum Gasteiger partial charge on any atom is -0.469 e. The van der Waals surface area contributed by atoms with Crippen LogP contribution in [0, 0.1) is 0 Å². The van der Waals surface area contributed by atoms with Crippen LogP contribution < -0.4 is 4.74 Å². The van der Waals surface area contributed by atoms with Crippen molar-refractivity contribution in [2.45, 2.75) is 18.5 Å². The molecule has 0 bridgehead atoms. The minimum atomic E-state index is -0.275. The first-order valence-corrected chi connectivity index (χ1v) is 6.26. The molecule has 1 rings (SSSR count). The zero-order valence-electron chi connectivity index (χ0n) is 9.47. The quantitative estimate of drug-likeness (QED) is 0.577. The molecule has 1 aromatic rings. The molecule has 8 heteroatoms. The summed E-state index contributed by atoms with van der Waals surface area (Å²) < 4.78 is 9.64. The molecule has 17 heavy (non-hydrogen) atoms. The number of hydrogen-bond acceptors (Lipinski definition) is 7. The molecule has 0 N–H and O–H groups in total. The van der Waals surface area contributed by atoms with Gasteiger partial charge in [-0.25, -0.2) is 0 Å². The number of aromatic nitrogens is 3. The summed E-state index contributed by atoms with van der Waals surface area (Å²) in [6.45, 7) is 2.27. The van der Waals surface area contributed by atoms with Gasteiger partial charge >= 0.3 is 12.0 Å². The highest BCUT2D eigenvalue weighted by molar-refractivity contribution is 7.99. The molecule has 0 saturated heterocycles. The van der Waals surface area contributed by atoms with Crippen LogP contribution in [0.5, 0.6) is 6.01 Å². The molecule has 0 amide bonds. The van der Waals surface area contributed by atoms with Crippen LogP contribution in [0.3, 0.4) is 0 Å². The molecule has 0 atom stereocenters. The Morgan fingerprint density at radius 2 is 2.18 bits per heavy atom. The molecule has 0 spiro atoms. The monoisotopic (exact) mass is 277 g/mol. The van der Waals surface area contributed by atoms with Crippen molar-refractivity contribution in [1.82, 2.24) is 15.0 Å². The predicted octanol–water partition coefficient (Wildman–Crippen LogP) is 1.58. The fraction of sp³-hybridized carbons (Fsp3) is 0.556. The lowest BCUT2D eigenvalue weighted by Crippen LogP contribution is -2.03. The molecule has 1 aromatic heterocycles. The number of carbonyl (C=O) groups excluding carboxylic acids is 1. The average molecular weight is 278 g/mol. The van der Waals surface area contributed by atoms with Gasteiger partial charge in [-0.2, -0.15) is 15.0 Å². The molecule has 0 unspecified atom stereocenters. The van der Waals surface area contributed by atoms with Crippen LogP contribution in [0.2, 0.25) is 5.28 Å². The van der Waals surface area contributed by atoms with E-state index in [1.54, 1.807) is 0 Å². The lowest BCUT2D eigenvalue weighted by molar-refractivity contribution is -0.140. The van der Waals surface area contributed by atoms with Crippen LogP contribution in [0.15, 0.2) is 5.16 Å². The fourth-order valence-corrected chi connectivity index (χ4v) is 1.85. The highest BCUT2D eigenvalue weighted by atomic mass is 35.5. The SMILES string of the molecule is CCOc1nc(Cl)nc(SCCC(=O)OC)n1. The Bertz CT molecular complexity index is 392. The molecule has 0 aliphatic heterocycles. The number of methoxy groups -OCH3 is 1. The second-order valence-electron chi connectivity index (χ2n) is 2.78. The topological polar surface area (TPSA) is 74.2 Å². The maximum atomic E-state index is 10.9. The second-order valence-corrected chi connectivity index (χ2v) is 4.18. The predicted molar refractivity (Wildman–Crippen MR) is 63.4 cm³/mol. The van der Waals surface area contributed by atoms with E-state index in [2.05, 4.69) is 19.7 Å². The Morgan fingerprint density at radius 3 is 2.82 bits per heavy atom. The zero-order chi connectivity index (χ0) is 12.7. The molecule has 0 aromatic carbocycles. The van der Waals surface area contributed by atoms with E-state index in [0.717, 1.165) is 0 Å². The summed E-state index contributed by atoms with van der Waals surface area (Å²) >= 11 is 7.00. The zero-order valence-corrected chi connectivity index (χ0v) is 11.0. The molecule has 94 valence electrons. The van der Waals surface area contributed by atoms with Crippen LogP contribution in [-0.2, 0) is 9.53 Å². The van der Waals surface area contributed by atoms with Crippen LogP contribution in [0.4, 0.5) is 0 Å². The summed E-state index contributed by atoms with van der Waals surface area (Å²) in [6, 6.07) is 0.188. The number of carbonyl (C=O) groups is 1. The van der Waals surface area contributed by atoms with E-state index >= 15 is 0 Å². The molecule has 1 heterocycles. The highest BCUT2D eigenvalue weighted by Gasteiger charge is 2.07. The number of rotatable bonds is 6. The smallest absolute Gasteiger partial charge is 0.321 e. The normalized spacial score (nSPS) is 10.1. The van der Waals surface area contributed by atoms with E-state index in [9.17, 15) is 4.79 Å². The van der Waals surface area contributed by atoms with Crippen molar-refractivity contribution in [3.8, 4) is 6.01 Å². The van der Waals surface area contributed by atoms with Crippen molar-refractivity contribution < 1.29 is 14.3 Å². The summed E-state index contributed by atoms with van der Waals surface area (Å²) in [6.07, 6.45) is 0.286. The molecule has 0 aliphatic carbocycles. The van der Waals surface area contributed by atoms with Crippen molar-refractivity contribution in [2.24, 2.45) is 0 Å². The van der Waals surface area contributed by atoms with Gasteiger partial charge in [0.15, 0.2) is 5.16 Å². The molecule has 0 radical (unpaired) electrons. The summed E-state index contributed by atoms with van der Waals surface area (Å²) in [5, 5.41) is 0.501. The number of nitrogens with zero attached hydrogens (tertiary/aromatic N) is 3. The minimum absolute atomic E-state index is 0.0732. The highest BCUT2D eigenvalue weighted by Crippen LogP contribution is 2.18. The van der Waals surface area contributed by atoms with Crippen molar-refractivity contribution in [2.75, 3.05) is 19.5 Å². The third-order valence-electron chi connectivity index (χ3n) is 1.61. The van der Waals surface area contributed by atoms with Crippen LogP contribution in [0.1, 0.15) is 13.3 Å². The van der Waals surface area contributed by atoms with E-state index in [-0.39, 0.29) is 23.7 Å². The Hall–Kier alpha value is -1.08. The molecular weight excluding hydrogens is 266 g/mol. The first-order valence-electron chi connectivity index (χ1n) is 4.89. The van der Waals surface area contributed by atoms with Gasteiger partial charge in [0, 0.05) is 5.75 Å². The first-order chi connectivity index (χ1) is 8.15. The van der Waals surface area contributed by atoms with Gasteiger partial charge in [0.25, 0.3) is 0 Å². The fourth-order valence-electron chi connectivity index (χ4n) is 0.901. The largest absolute Gasteiger partial charge is 0.469 e. The molecule has 6 nitrogen and oxygen atoms in total. The second kappa shape index (κ2) is 7.29. The summed E-state index contributed by atoms with van der Waals surface area (Å²) in [4.78, 5) is 22.6. The molecule has 0 aliphatic rings. The van der Waals surface area contributed by atoms with Gasteiger partial charge in [-0.05, 0) is 18.5 Å².